The van der Waals surface area contributed by atoms with Crippen LogP contribution < -0.4 is 0 Å². The van der Waals surface area contributed by atoms with Gasteiger partial charge in [0.2, 0.25) is 5.60 Å². The second kappa shape index (κ2) is 5.16. The highest BCUT2D eigenvalue weighted by Gasteiger charge is 2.42. The summed E-state index contributed by atoms with van der Waals surface area (Å²) in [6.45, 7) is 6.27. The molecule has 0 saturated heterocycles. The van der Waals surface area contributed by atoms with Gasteiger partial charge in [-0.15, -0.1) is 0 Å². The van der Waals surface area contributed by atoms with Gasteiger partial charge < -0.3 is 14.7 Å². The molecule has 0 spiro atoms. The number of aromatic amines is 1. The molecule has 1 amide bonds. The zero-order chi connectivity index (χ0) is 15.9. The van der Waals surface area contributed by atoms with Crippen molar-refractivity contribution in [2.24, 2.45) is 5.16 Å². The van der Waals surface area contributed by atoms with Crippen molar-refractivity contribution >= 4 is 22.5 Å². The van der Waals surface area contributed by atoms with Gasteiger partial charge in [-0.3, -0.25) is 4.79 Å². The van der Waals surface area contributed by atoms with Crippen LogP contribution in [0, 0.1) is 6.92 Å². The molecule has 0 aliphatic carbocycles. The van der Waals surface area contributed by atoms with E-state index in [4.69, 9.17) is 4.84 Å². The summed E-state index contributed by atoms with van der Waals surface area (Å²) in [5.41, 5.74) is 3.31. The van der Waals surface area contributed by atoms with Gasteiger partial charge in [0.1, 0.15) is 0 Å². The number of amides is 1. The van der Waals surface area contributed by atoms with Gasteiger partial charge in [0.25, 0.3) is 5.91 Å². The van der Waals surface area contributed by atoms with E-state index in [1.165, 1.54) is 10.9 Å². The highest BCUT2D eigenvalue weighted by molar-refractivity contribution is 5.94. The molecule has 22 heavy (non-hydrogen) atoms. The summed E-state index contributed by atoms with van der Waals surface area (Å²) in [5.74, 6) is -0.0499. The van der Waals surface area contributed by atoms with Crippen LogP contribution in [-0.2, 0) is 16.2 Å². The molecule has 2 heterocycles. The van der Waals surface area contributed by atoms with E-state index in [1.807, 2.05) is 25.1 Å². The van der Waals surface area contributed by atoms with Crippen LogP contribution in [0.5, 0.6) is 0 Å². The zero-order valence-electron chi connectivity index (χ0n) is 13.4. The van der Waals surface area contributed by atoms with Crippen molar-refractivity contribution in [3.63, 3.8) is 0 Å². The van der Waals surface area contributed by atoms with Crippen LogP contribution in [0.4, 0.5) is 0 Å². The summed E-state index contributed by atoms with van der Waals surface area (Å²) in [6.07, 6.45) is 0.544. The SMILES string of the molecule is CC1=NO[C@@](C)(C(=O)N(C)Cc2[nH]c3ccccc3c2C)C1. The Hall–Kier alpha value is -2.30. The number of hydrogen-bond donors (Lipinski definition) is 1. The number of likely N-dealkylation sites (N-methyl/N-ethyl adjacent to an activating group) is 1. The Kier molecular flexibility index (Phi) is 3.43. The number of nitrogens with one attached hydrogen (secondary N) is 1. The average molecular weight is 299 g/mol. The van der Waals surface area contributed by atoms with E-state index in [0.29, 0.717) is 13.0 Å². The van der Waals surface area contributed by atoms with E-state index in [-0.39, 0.29) is 5.91 Å². The highest BCUT2D eigenvalue weighted by atomic mass is 16.7. The van der Waals surface area contributed by atoms with Crippen LogP contribution >= 0.6 is 0 Å². The number of para-hydroxylation sites is 1. The standard InChI is InChI=1S/C17H21N3O2/c1-11-9-17(3,22-19-11)16(21)20(4)10-15-12(2)13-7-5-6-8-14(13)18-15/h5-8,18H,9-10H2,1-4H3/t17-/m1/s1. The number of H-pyrrole nitrogens is 1. The minimum absolute atomic E-state index is 0.0499. The predicted molar refractivity (Wildman–Crippen MR) is 86.7 cm³/mol. The summed E-state index contributed by atoms with van der Waals surface area (Å²) in [5, 5.41) is 5.11. The number of aromatic nitrogens is 1. The molecular weight excluding hydrogens is 278 g/mol. The topological polar surface area (TPSA) is 57.7 Å². The molecule has 1 atom stereocenters. The van der Waals surface area contributed by atoms with Gasteiger partial charge in [0, 0.05) is 30.1 Å². The van der Waals surface area contributed by atoms with Crippen LogP contribution in [0.25, 0.3) is 10.9 Å². The van der Waals surface area contributed by atoms with Gasteiger partial charge >= 0.3 is 0 Å². The largest absolute Gasteiger partial charge is 0.379 e. The molecule has 2 aromatic rings. The van der Waals surface area contributed by atoms with Crippen LogP contribution in [0.2, 0.25) is 0 Å². The second-order valence-electron chi connectivity index (χ2n) is 6.26. The molecule has 116 valence electrons. The molecule has 0 saturated carbocycles. The highest BCUT2D eigenvalue weighted by Crippen LogP contribution is 2.27. The average Bonchev–Trinajstić information content (AvgIpc) is 3.00. The monoisotopic (exact) mass is 299 g/mol. The number of hydrogen-bond acceptors (Lipinski definition) is 3. The number of oxime groups is 1. The lowest BCUT2D eigenvalue weighted by atomic mass is 9.98. The minimum Gasteiger partial charge on any atom is -0.379 e. The summed E-state index contributed by atoms with van der Waals surface area (Å²) in [4.78, 5) is 23.1. The lowest BCUT2D eigenvalue weighted by molar-refractivity contribution is -0.152. The van der Waals surface area contributed by atoms with Crippen molar-refractivity contribution < 1.29 is 9.63 Å². The first-order chi connectivity index (χ1) is 10.4. The molecule has 1 aromatic carbocycles. The van der Waals surface area contributed by atoms with Crippen LogP contribution in [0.3, 0.4) is 0 Å². The van der Waals surface area contributed by atoms with E-state index in [9.17, 15) is 4.79 Å². The van der Waals surface area contributed by atoms with Gasteiger partial charge in [0.05, 0.1) is 12.3 Å². The number of carbonyl (C=O) groups excluding carboxylic acids is 1. The summed E-state index contributed by atoms with van der Waals surface area (Å²) < 4.78 is 0. The molecule has 0 bridgehead atoms. The van der Waals surface area contributed by atoms with Gasteiger partial charge in [-0.05, 0) is 32.4 Å². The van der Waals surface area contributed by atoms with E-state index in [1.54, 1.807) is 18.9 Å². The number of fused-ring (bicyclic) bond motifs is 1. The fourth-order valence-corrected chi connectivity index (χ4v) is 3.05. The number of carbonyl (C=O) groups is 1. The molecular formula is C17H21N3O2. The number of benzene rings is 1. The Bertz CT molecular complexity index is 762. The zero-order valence-corrected chi connectivity index (χ0v) is 13.4. The van der Waals surface area contributed by atoms with Crippen molar-refractivity contribution in [1.29, 1.82) is 0 Å². The maximum Gasteiger partial charge on any atom is 0.269 e. The lowest BCUT2D eigenvalue weighted by Crippen LogP contribution is -2.45. The first kappa shape index (κ1) is 14.6. The van der Waals surface area contributed by atoms with E-state index < -0.39 is 5.60 Å². The van der Waals surface area contributed by atoms with Gasteiger partial charge in [-0.1, -0.05) is 23.4 Å². The Balaban J connectivity index is 1.80. The summed E-state index contributed by atoms with van der Waals surface area (Å²) >= 11 is 0. The second-order valence-corrected chi connectivity index (χ2v) is 6.26. The van der Waals surface area contributed by atoms with Gasteiger partial charge in [0.15, 0.2) is 0 Å². The molecule has 1 aliphatic heterocycles. The van der Waals surface area contributed by atoms with E-state index in [2.05, 4.69) is 23.1 Å². The summed E-state index contributed by atoms with van der Waals surface area (Å²) in [6, 6.07) is 8.16. The Morgan fingerprint density at radius 3 is 2.77 bits per heavy atom. The first-order valence-corrected chi connectivity index (χ1v) is 7.44. The smallest absolute Gasteiger partial charge is 0.269 e. The molecule has 1 aliphatic rings. The Labute approximate surface area is 129 Å². The molecule has 1 N–H and O–H groups in total. The molecule has 0 fully saturated rings. The molecule has 5 nitrogen and oxygen atoms in total. The van der Waals surface area contributed by atoms with Crippen molar-refractivity contribution in [1.82, 2.24) is 9.88 Å². The third-order valence-corrected chi connectivity index (χ3v) is 4.26. The third-order valence-electron chi connectivity index (χ3n) is 4.26. The van der Waals surface area contributed by atoms with Crippen molar-refractivity contribution in [3.8, 4) is 0 Å². The van der Waals surface area contributed by atoms with Crippen molar-refractivity contribution in [2.45, 2.75) is 39.3 Å². The molecule has 0 radical (unpaired) electrons. The van der Waals surface area contributed by atoms with Crippen LogP contribution in [-0.4, -0.2) is 34.2 Å². The van der Waals surface area contributed by atoms with Crippen molar-refractivity contribution in [3.05, 3.63) is 35.5 Å². The predicted octanol–water partition coefficient (Wildman–Crippen LogP) is 2.99. The normalized spacial score (nSPS) is 20.8. The fourth-order valence-electron chi connectivity index (χ4n) is 3.05. The number of aryl methyl sites for hydroxylation is 1. The van der Waals surface area contributed by atoms with Crippen LogP contribution in [0.15, 0.2) is 29.4 Å². The fraction of sp³-hybridized carbons (Fsp3) is 0.412. The van der Waals surface area contributed by atoms with Crippen molar-refractivity contribution in [2.75, 3.05) is 7.05 Å². The van der Waals surface area contributed by atoms with E-state index in [0.717, 1.165) is 16.9 Å². The third kappa shape index (κ3) is 2.36. The van der Waals surface area contributed by atoms with Gasteiger partial charge in [-0.2, -0.15) is 0 Å². The number of nitrogens with zero attached hydrogens (tertiary/aromatic N) is 2. The Morgan fingerprint density at radius 2 is 2.14 bits per heavy atom. The van der Waals surface area contributed by atoms with E-state index >= 15 is 0 Å². The summed E-state index contributed by atoms with van der Waals surface area (Å²) in [7, 11) is 1.80. The Morgan fingerprint density at radius 1 is 1.41 bits per heavy atom. The molecule has 5 heteroatoms. The molecule has 1 aromatic heterocycles. The minimum atomic E-state index is -0.876. The molecule has 3 rings (SSSR count). The van der Waals surface area contributed by atoms with Crippen LogP contribution in [0.1, 0.15) is 31.5 Å². The van der Waals surface area contributed by atoms with Gasteiger partial charge in [-0.25, -0.2) is 0 Å². The lowest BCUT2D eigenvalue weighted by Gasteiger charge is -2.26. The molecule has 0 unspecified atom stereocenters. The maximum absolute atomic E-state index is 12.7. The maximum atomic E-state index is 12.7. The quantitative estimate of drug-likeness (QED) is 0.947. The number of rotatable bonds is 3. The first-order valence-electron chi connectivity index (χ1n) is 7.44.